The molecule has 0 aliphatic heterocycles. The summed E-state index contributed by atoms with van der Waals surface area (Å²) in [7, 11) is 1.87. The number of rotatable bonds is 7. The van der Waals surface area contributed by atoms with E-state index in [4.69, 9.17) is 0 Å². The van der Waals surface area contributed by atoms with Gasteiger partial charge in [-0.25, -0.2) is 0 Å². The summed E-state index contributed by atoms with van der Waals surface area (Å²) < 4.78 is 1.77. The Balaban J connectivity index is 2.22. The van der Waals surface area contributed by atoms with E-state index in [2.05, 4.69) is 10.4 Å². The molecule has 6 heteroatoms. The van der Waals surface area contributed by atoms with Gasteiger partial charge in [0.25, 0.3) is 0 Å². The molecule has 1 rings (SSSR count). The fourth-order valence-corrected chi connectivity index (χ4v) is 1.90. The largest absolute Gasteiger partial charge is 0.383 e. The maximum absolute atomic E-state index is 11.5. The van der Waals surface area contributed by atoms with Crippen LogP contribution >= 0.6 is 11.8 Å². The molecule has 5 nitrogen and oxygen atoms in total. The van der Waals surface area contributed by atoms with Crippen molar-refractivity contribution in [3.8, 4) is 0 Å². The second kappa shape index (κ2) is 7.34. The highest BCUT2D eigenvalue weighted by Crippen LogP contribution is 2.01. The first-order valence-electron chi connectivity index (χ1n) is 5.56. The molecule has 1 aromatic rings. The highest BCUT2D eigenvalue weighted by molar-refractivity contribution is 7.98. The normalized spacial score (nSPS) is 12.4. The minimum absolute atomic E-state index is 0.291. The van der Waals surface area contributed by atoms with Crippen LogP contribution in [0, 0.1) is 0 Å². The average Bonchev–Trinajstić information content (AvgIpc) is 2.72. The molecule has 1 atom stereocenters. The van der Waals surface area contributed by atoms with Gasteiger partial charge in [-0.2, -0.15) is 16.9 Å². The van der Waals surface area contributed by atoms with Crippen molar-refractivity contribution < 1.29 is 9.90 Å². The number of aliphatic hydroxyl groups excluding tert-OH is 1. The van der Waals surface area contributed by atoms with E-state index in [-0.39, 0.29) is 5.91 Å². The SMILES string of the molecule is CSCC[C@H](O)C(=O)NCCc1ccnn1C. The Hall–Kier alpha value is -1.01. The van der Waals surface area contributed by atoms with Crippen LogP contribution in [0.3, 0.4) is 0 Å². The highest BCUT2D eigenvalue weighted by atomic mass is 32.2. The molecule has 17 heavy (non-hydrogen) atoms. The number of nitrogens with zero attached hydrogens (tertiary/aromatic N) is 2. The number of aliphatic hydroxyl groups is 1. The van der Waals surface area contributed by atoms with Gasteiger partial charge in [0.2, 0.25) is 5.91 Å². The maximum atomic E-state index is 11.5. The lowest BCUT2D eigenvalue weighted by atomic mass is 10.2. The Bertz CT molecular complexity index is 354. The third kappa shape index (κ3) is 4.79. The van der Waals surface area contributed by atoms with Gasteiger partial charge in [-0.05, 0) is 24.5 Å². The van der Waals surface area contributed by atoms with E-state index >= 15 is 0 Å². The molecule has 0 bridgehead atoms. The molecule has 0 saturated carbocycles. The number of thioether (sulfide) groups is 1. The number of aryl methyl sites for hydroxylation is 1. The van der Waals surface area contributed by atoms with Crippen molar-refractivity contribution in [1.29, 1.82) is 0 Å². The summed E-state index contributed by atoms with van der Waals surface area (Å²) in [5.41, 5.74) is 1.06. The third-order valence-corrected chi connectivity index (χ3v) is 3.14. The lowest BCUT2D eigenvalue weighted by Gasteiger charge is -2.10. The second-order valence-electron chi connectivity index (χ2n) is 3.78. The van der Waals surface area contributed by atoms with Crippen molar-refractivity contribution in [3.63, 3.8) is 0 Å². The maximum Gasteiger partial charge on any atom is 0.248 e. The van der Waals surface area contributed by atoms with Gasteiger partial charge in [0.05, 0.1) is 0 Å². The van der Waals surface area contributed by atoms with E-state index in [0.29, 0.717) is 13.0 Å². The second-order valence-corrected chi connectivity index (χ2v) is 4.77. The number of hydrogen-bond acceptors (Lipinski definition) is 4. The molecule has 0 unspecified atom stereocenters. The van der Waals surface area contributed by atoms with E-state index in [1.165, 1.54) is 0 Å². The standard InChI is InChI=1S/C11H19N3O2S/c1-14-9(4-7-13-14)3-6-12-11(16)10(15)5-8-17-2/h4,7,10,15H,3,5-6,8H2,1-2H3,(H,12,16)/t10-/m0/s1. The molecule has 1 heterocycles. The van der Waals surface area contributed by atoms with Crippen molar-refractivity contribution in [1.82, 2.24) is 15.1 Å². The van der Waals surface area contributed by atoms with Crippen LogP contribution in [-0.2, 0) is 18.3 Å². The number of nitrogens with one attached hydrogen (secondary N) is 1. The van der Waals surface area contributed by atoms with Gasteiger partial charge < -0.3 is 10.4 Å². The number of carbonyl (C=O) groups is 1. The van der Waals surface area contributed by atoms with Crippen LogP contribution in [0.25, 0.3) is 0 Å². The van der Waals surface area contributed by atoms with E-state index in [9.17, 15) is 9.90 Å². The Morgan fingerprint density at radius 1 is 1.71 bits per heavy atom. The molecule has 96 valence electrons. The van der Waals surface area contributed by atoms with Gasteiger partial charge in [0.15, 0.2) is 0 Å². The van der Waals surface area contributed by atoms with Crippen LogP contribution in [0.2, 0.25) is 0 Å². The summed E-state index contributed by atoms with van der Waals surface area (Å²) in [5.74, 6) is 0.497. The van der Waals surface area contributed by atoms with Crippen LogP contribution in [0.4, 0.5) is 0 Å². The summed E-state index contributed by atoms with van der Waals surface area (Å²) in [6, 6.07) is 1.91. The molecule has 1 amide bonds. The topological polar surface area (TPSA) is 67.2 Å². The average molecular weight is 257 g/mol. The summed E-state index contributed by atoms with van der Waals surface area (Å²) in [6.45, 7) is 0.523. The molecule has 0 spiro atoms. The minimum Gasteiger partial charge on any atom is -0.383 e. The van der Waals surface area contributed by atoms with E-state index in [1.807, 2.05) is 19.4 Å². The summed E-state index contributed by atoms with van der Waals surface area (Å²) in [4.78, 5) is 11.5. The number of aromatic nitrogens is 2. The number of carbonyl (C=O) groups excluding carboxylic acids is 1. The number of amides is 1. The van der Waals surface area contributed by atoms with E-state index in [1.54, 1.807) is 22.6 Å². The zero-order valence-corrected chi connectivity index (χ0v) is 11.0. The zero-order valence-electron chi connectivity index (χ0n) is 10.2. The van der Waals surface area contributed by atoms with Gasteiger partial charge in [-0.1, -0.05) is 0 Å². The van der Waals surface area contributed by atoms with Crippen molar-refractivity contribution in [2.24, 2.45) is 7.05 Å². The Kier molecular flexibility index (Phi) is 6.07. The molecule has 0 aromatic carbocycles. The van der Waals surface area contributed by atoms with E-state index < -0.39 is 6.10 Å². The van der Waals surface area contributed by atoms with Gasteiger partial charge >= 0.3 is 0 Å². The van der Waals surface area contributed by atoms with Crippen molar-refractivity contribution >= 4 is 17.7 Å². The molecular weight excluding hydrogens is 238 g/mol. The molecule has 0 fully saturated rings. The molecule has 2 N–H and O–H groups in total. The highest BCUT2D eigenvalue weighted by Gasteiger charge is 2.13. The Morgan fingerprint density at radius 3 is 3.06 bits per heavy atom. The van der Waals surface area contributed by atoms with Crippen molar-refractivity contribution in [2.75, 3.05) is 18.6 Å². The fourth-order valence-electron chi connectivity index (χ4n) is 1.44. The fraction of sp³-hybridized carbons (Fsp3) is 0.636. The van der Waals surface area contributed by atoms with Crippen LogP contribution < -0.4 is 5.32 Å². The Labute approximate surface area is 106 Å². The molecule has 0 saturated heterocycles. The Morgan fingerprint density at radius 2 is 2.47 bits per heavy atom. The molecule has 1 aromatic heterocycles. The summed E-state index contributed by atoms with van der Waals surface area (Å²) in [5, 5.41) is 16.3. The lowest BCUT2D eigenvalue weighted by molar-refractivity contribution is -0.129. The van der Waals surface area contributed by atoms with Crippen molar-refractivity contribution in [3.05, 3.63) is 18.0 Å². The first-order valence-corrected chi connectivity index (χ1v) is 6.96. The predicted octanol–water partition coefficient (Wildman–Crippen LogP) is 0.193. The quantitative estimate of drug-likeness (QED) is 0.732. The smallest absolute Gasteiger partial charge is 0.248 e. The summed E-state index contributed by atoms with van der Waals surface area (Å²) >= 11 is 1.62. The molecule has 0 aliphatic carbocycles. The first-order chi connectivity index (χ1) is 8.15. The molecule has 0 radical (unpaired) electrons. The van der Waals surface area contributed by atoms with Crippen LogP contribution in [-0.4, -0.2) is 45.5 Å². The van der Waals surface area contributed by atoms with Crippen LogP contribution in [0.15, 0.2) is 12.3 Å². The lowest BCUT2D eigenvalue weighted by Crippen LogP contribution is -2.36. The zero-order chi connectivity index (χ0) is 12.7. The van der Waals surface area contributed by atoms with Gasteiger partial charge in [-0.15, -0.1) is 0 Å². The monoisotopic (exact) mass is 257 g/mol. The van der Waals surface area contributed by atoms with Crippen LogP contribution in [0.1, 0.15) is 12.1 Å². The van der Waals surface area contributed by atoms with Gasteiger partial charge in [-0.3, -0.25) is 9.48 Å². The van der Waals surface area contributed by atoms with Gasteiger partial charge in [0.1, 0.15) is 6.10 Å². The van der Waals surface area contributed by atoms with Gasteiger partial charge in [0, 0.05) is 31.9 Å². The van der Waals surface area contributed by atoms with E-state index in [0.717, 1.165) is 17.9 Å². The van der Waals surface area contributed by atoms with Crippen molar-refractivity contribution in [2.45, 2.75) is 18.9 Å². The summed E-state index contributed by atoms with van der Waals surface area (Å²) in [6.07, 6.45) is 4.00. The minimum atomic E-state index is -0.894. The molecular formula is C11H19N3O2S. The molecule has 0 aliphatic rings. The predicted molar refractivity (Wildman–Crippen MR) is 68.9 cm³/mol. The van der Waals surface area contributed by atoms with Crippen LogP contribution in [0.5, 0.6) is 0 Å². The first kappa shape index (κ1) is 14.1. The third-order valence-electron chi connectivity index (χ3n) is 2.50. The number of hydrogen-bond donors (Lipinski definition) is 2.